The largest absolute Gasteiger partial charge is 0.353 e. The Hall–Kier alpha value is -0.0800. The SMILES string of the molecule is CCOC(C)OCC.CC[C@H]1CC[C@H]2[C@@H]3CCC4CCCC[C@]4(C)[C@H]3CC[C@]12C. The molecule has 7 atom stereocenters. The van der Waals surface area contributed by atoms with Gasteiger partial charge in [0.25, 0.3) is 0 Å². The van der Waals surface area contributed by atoms with Crippen LogP contribution in [-0.2, 0) is 9.47 Å². The van der Waals surface area contributed by atoms with Crippen LogP contribution >= 0.6 is 0 Å². The summed E-state index contributed by atoms with van der Waals surface area (Å²) in [5, 5.41) is 0. The summed E-state index contributed by atoms with van der Waals surface area (Å²) in [5.41, 5.74) is 1.45. The molecular weight excluding hydrogens is 356 g/mol. The van der Waals surface area contributed by atoms with Gasteiger partial charge in [-0.2, -0.15) is 0 Å². The topological polar surface area (TPSA) is 18.5 Å². The van der Waals surface area contributed by atoms with Crippen molar-refractivity contribution < 1.29 is 9.47 Å². The molecule has 0 bridgehead atoms. The van der Waals surface area contributed by atoms with Crippen molar-refractivity contribution in [3.63, 3.8) is 0 Å². The van der Waals surface area contributed by atoms with Gasteiger partial charge in [0.05, 0.1) is 0 Å². The molecular formula is C27H50O2. The van der Waals surface area contributed by atoms with Crippen molar-refractivity contribution in [2.75, 3.05) is 13.2 Å². The maximum Gasteiger partial charge on any atom is 0.154 e. The van der Waals surface area contributed by atoms with E-state index in [1.807, 2.05) is 20.8 Å². The second kappa shape index (κ2) is 10.0. The Morgan fingerprint density at radius 2 is 1.45 bits per heavy atom. The van der Waals surface area contributed by atoms with Crippen molar-refractivity contribution in [2.24, 2.45) is 40.4 Å². The standard InChI is InChI=1S/C21H36.C6H14O2/c1-4-15-9-11-18-17-10-8-16-7-5-6-13-20(16,2)19(17)12-14-21(15,18)3;1-4-7-6(3)8-5-2/h15-19H,4-14H2,1-3H3;6H,4-5H2,1-3H3/t15-,16?,17-,18-,19-,20-,21+;/m0./s1. The highest BCUT2D eigenvalue weighted by atomic mass is 16.7. The molecule has 4 aliphatic carbocycles. The van der Waals surface area contributed by atoms with Gasteiger partial charge in [0.1, 0.15) is 0 Å². The van der Waals surface area contributed by atoms with Crippen LogP contribution in [0.4, 0.5) is 0 Å². The molecule has 2 nitrogen and oxygen atoms in total. The van der Waals surface area contributed by atoms with E-state index >= 15 is 0 Å². The molecule has 4 aliphatic rings. The fourth-order valence-corrected chi connectivity index (χ4v) is 8.59. The molecule has 0 aliphatic heterocycles. The van der Waals surface area contributed by atoms with E-state index in [4.69, 9.17) is 9.47 Å². The first-order valence-electron chi connectivity index (χ1n) is 13.1. The summed E-state index contributed by atoms with van der Waals surface area (Å²) in [4.78, 5) is 0. The van der Waals surface area contributed by atoms with E-state index in [9.17, 15) is 0 Å². The lowest BCUT2D eigenvalue weighted by atomic mass is 9.45. The van der Waals surface area contributed by atoms with Crippen LogP contribution < -0.4 is 0 Å². The van der Waals surface area contributed by atoms with E-state index in [2.05, 4.69) is 20.8 Å². The van der Waals surface area contributed by atoms with Crippen LogP contribution in [0.15, 0.2) is 0 Å². The summed E-state index contributed by atoms with van der Waals surface area (Å²) in [7, 11) is 0. The normalized spacial score (nSPS) is 43.8. The highest BCUT2D eigenvalue weighted by Crippen LogP contribution is 2.67. The molecule has 4 fully saturated rings. The lowest BCUT2D eigenvalue weighted by molar-refractivity contribution is -0.123. The molecule has 0 heterocycles. The van der Waals surface area contributed by atoms with E-state index in [-0.39, 0.29) is 6.29 Å². The maximum atomic E-state index is 5.06. The maximum absolute atomic E-state index is 5.06. The zero-order valence-electron chi connectivity index (χ0n) is 20.5. The van der Waals surface area contributed by atoms with E-state index in [1.54, 1.807) is 51.4 Å². The average Bonchev–Trinajstić information content (AvgIpc) is 3.05. The van der Waals surface area contributed by atoms with E-state index in [0.29, 0.717) is 5.41 Å². The first-order chi connectivity index (χ1) is 13.9. The Labute approximate surface area is 181 Å². The Kier molecular flexibility index (Phi) is 8.15. The number of fused-ring (bicyclic) bond motifs is 5. The quantitative estimate of drug-likeness (QED) is 0.433. The van der Waals surface area contributed by atoms with Crippen molar-refractivity contribution in [1.29, 1.82) is 0 Å². The van der Waals surface area contributed by atoms with Gasteiger partial charge in [0, 0.05) is 13.2 Å². The molecule has 0 saturated heterocycles. The van der Waals surface area contributed by atoms with Crippen molar-refractivity contribution in [3.05, 3.63) is 0 Å². The summed E-state index contributed by atoms with van der Waals surface area (Å²) in [6, 6.07) is 0. The molecule has 29 heavy (non-hydrogen) atoms. The molecule has 0 aromatic rings. The molecule has 0 aromatic carbocycles. The lowest BCUT2D eigenvalue weighted by Gasteiger charge is -2.60. The molecule has 0 radical (unpaired) electrons. The predicted molar refractivity (Wildman–Crippen MR) is 123 cm³/mol. The second-order valence-electron chi connectivity index (χ2n) is 11.1. The summed E-state index contributed by atoms with van der Waals surface area (Å²) < 4.78 is 10.1. The number of hydrogen-bond acceptors (Lipinski definition) is 2. The van der Waals surface area contributed by atoms with Crippen LogP contribution in [-0.4, -0.2) is 19.5 Å². The Balaban J connectivity index is 0.000000258. The Morgan fingerprint density at radius 1 is 0.759 bits per heavy atom. The van der Waals surface area contributed by atoms with Crippen molar-refractivity contribution >= 4 is 0 Å². The molecule has 0 N–H and O–H groups in total. The minimum Gasteiger partial charge on any atom is -0.353 e. The molecule has 4 saturated carbocycles. The van der Waals surface area contributed by atoms with Gasteiger partial charge < -0.3 is 9.47 Å². The molecule has 0 aromatic heterocycles. The molecule has 170 valence electrons. The number of rotatable bonds is 5. The smallest absolute Gasteiger partial charge is 0.154 e. The molecule has 2 heteroatoms. The Bertz CT molecular complexity index is 499. The first-order valence-corrected chi connectivity index (χ1v) is 13.1. The van der Waals surface area contributed by atoms with Crippen molar-refractivity contribution in [2.45, 2.75) is 118 Å². The fourth-order valence-electron chi connectivity index (χ4n) is 8.59. The minimum absolute atomic E-state index is 0.0370. The van der Waals surface area contributed by atoms with Crippen LogP contribution in [0.2, 0.25) is 0 Å². The van der Waals surface area contributed by atoms with Crippen LogP contribution in [0.1, 0.15) is 112 Å². The third-order valence-electron chi connectivity index (χ3n) is 10.1. The van der Waals surface area contributed by atoms with Crippen LogP contribution in [0.3, 0.4) is 0 Å². The highest BCUT2D eigenvalue weighted by Gasteiger charge is 2.59. The van der Waals surface area contributed by atoms with Gasteiger partial charge in [-0.25, -0.2) is 0 Å². The minimum atomic E-state index is -0.0370. The summed E-state index contributed by atoms with van der Waals surface area (Å²) in [5.74, 6) is 5.39. The van der Waals surface area contributed by atoms with Gasteiger partial charge in [-0.15, -0.1) is 0 Å². The Morgan fingerprint density at radius 3 is 2.10 bits per heavy atom. The molecule has 0 amide bonds. The second-order valence-corrected chi connectivity index (χ2v) is 11.1. The monoisotopic (exact) mass is 406 g/mol. The number of hydrogen-bond donors (Lipinski definition) is 0. The van der Waals surface area contributed by atoms with Gasteiger partial charge in [0.2, 0.25) is 0 Å². The summed E-state index contributed by atoms with van der Waals surface area (Å²) in [6.07, 6.45) is 16.9. The van der Waals surface area contributed by atoms with Crippen molar-refractivity contribution in [1.82, 2.24) is 0 Å². The van der Waals surface area contributed by atoms with Gasteiger partial charge in [-0.1, -0.05) is 40.0 Å². The highest BCUT2D eigenvalue weighted by molar-refractivity contribution is 5.08. The fraction of sp³-hybridized carbons (Fsp3) is 1.00. The van der Waals surface area contributed by atoms with Crippen LogP contribution in [0, 0.1) is 40.4 Å². The zero-order chi connectivity index (χ0) is 21.1. The molecule has 1 unspecified atom stereocenters. The van der Waals surface area contributed by atoms with Gasteiger partial charge in [-0.3, -0.25) is 0 Å². The van der Waals surface area contributed by atoms with Gasteiger partial charge >= 0.3 is 0 Å². The van der Waals surface area contributed by atoms with E-state index in [0.717, 1.165) is 48.2 Å². The van der Waals surface area contributed by atoms with E-state index < -0.39 is 0 Å². The predicted octanol–water partition coefficient (Wildman–Crippen LogP) is 7.85. The van der Waals surface area contributed by atoms with Crippen LogP contribution in [0.5, 0.6) is 0 Å². The van der Waals surface area contributed by atoms with Crippen LogP contribution in [0.25, 0.3) is 0 Å². The lowest BCUT2D eigenvalue weighted by Crippen LogP contribution is -2.52. The molecule has 0 spiro atoms. The third kappa shape index (κ3) is 4.59. The molecule has 4 rings (SSSR count). The summed E-state index contributed by atoms with van der Waals surface area (Å²) in [6.45, 7) is 15.1. The third-order valence-corrected chi connectivity index (χ3v) is 10.1. The van der Waals surface area contributed by atoms with Gasteiger partial charge in [0.15, 0.2) is 6.29 Å². The number of ether oxygens (including phenoxy) is 2. The average molecular weight is 407 g/mol. The van der Waals surface area contributed by atoms with Crippen molar-refractivity contribution in [3.8, 4) is 0 Å². The zero-order valence-corrected chi connectivity index (χ0v) is 20.5. The summed E-state index contributed by atoms with van der Waals surface area (Å²) >= 11 is 0. The van der Waals surface area contributed by atoms with Gasteiger partial charge in [-0.05, 0) is 113 Å². The van der Waals surface area contributed by atoms with E-state index in [1.165, 1.54) is 19.3 Å². The first kappa shape index (κ1) is 23.6.